The summed E-state index contributed by atoms with van der Waals surface area (Å²) in [6, 6.07) is -0.942. The third kappa shape index (κ3) is 32.6. The Morgan fingerprint density at radius 2 is 0.853 bits per heavy atom. The molecule has 2 aliphatic heterocycles. The number of aliphatic hydroxyl groups is 8. The van der Waals surface area contributed by atoms with Crippen molar-refractivity contribution >= 4 is 5.91 Å². The second-order valence-electron chi connectivity index (χ2n) is 21.5. The van der Waals surface area contributed by atoms with Crippen LogP contribution in [0.4, 0.5) is 0 Å². The van der Waals surface area contributed by atoms with Gasteiger partial charge in [0.15, 0.2) is 12.6 Å². The number of carbonyl (C=O) groups is 1. The van der Waals surface area contributed by atoms with Gasteiger partial charge in [0.25, 0.3) is 0 Å². The van der Waals surface area contributed by atoms with E-state index in [0.29, 0.717) is 12.8 Å². The van der Waals surface area contributed by atoms with Crippen molar-refractivity contribution in [2.24, 2.45) is 0 Å². The monoisotopic (exact) mass is 1070 g/mol. The fraction of sp³-hybridized carbons (Fsp3) is 0.852. The molecule has 0 aliphatic carbocycles. The van der Waals surface area contributed by atoms with Crippen LogP contribution >= 0.6 is 0 Å². The van der Waals surface area contributed by atoms with E-state index >= 15 is 0 Å². The smallest absolute Gasteiger partial charge is 0.220 e. The number of hydrogen-bond donors (Lipinski definition) is 9. The molecule has 438 valence electrons. The van der Waals surface area contributed by atoms with Gasteiger partial charge in [0.2, 0.25) is 5.91 Å². The molecule has 14 heteroatoms. The lowest BCUT2D eigenvalue weighted by molar-refractivity contribution is -0.359. The number of hydrogen-bond acceptors (Lipinski definition) is 13. The van der Waals surface area contributed by atoms with Gasteiger partial charge in [-0.25, -0.2) is 0 Å². The zero-order valence-electron chi connectivity index (χ0n) is 47.0. The van der Waals surface area contributed by atoms with Gasteiger partial charge in [-0.3, -0.25) is 4.79 Å². The van der Waals surface area contributed by atoms with E-state index in [2.05, 4.69) is 55.6 Å². The predicted octanol–water partition coefficient (Wildman–Crippen LogP) is 10.4. The number of aliphatic hydroxyl groups excluding tert-OH is 8. The number of ether oxygens (including phenoxy) is 4. The first kappa shape index (κ1) is 69.1. The van der Waals surface area contributed by atoms with Crippen LogP contribution in [0.3, 0.4) is 0 Å². The minimum Gasteiger partial charge on any atom is -0.394 e. The molecular weight excluding hydrogens is 955 g/mol. The Labute approximate surface area is 454 Å². The van der Waals surface area contributed by atoms with Crippen LogP contribution in [-0.2, 0) is 23.7 Å². The minimum atomic E-state index is -1.79. The normalized spacial score (nSPS) is 25.4. The van der Waals surface area contributed by atoms with Crippen LogP contribution in [0.5, 0.6) is 0 Å². The Balaban J connectivity index is 1.76. The SMILES string of the molecule is CCCCCCC/C=C\CCCCCCCC(=O)NC(COC1OC(CO)C(OC2OC(CO)C(O)C(O)C2O)C(O)C1O)C(O)/C=C/CC/C=C/CC/C=C/CCCCCCCCCCCCCCCCCCC. The molecule has 12 atom stereocenters. The van der Waals surface area contributed by atoms with Crippen LogP contribution in [0.25, 0.3) is 0 Å². The van der Waals surface area contributed by atoms with Crippen LogP contribution in [0.15, 0.2) is 48.6 Å². The molecule has 2 rings (SSSR count). The van der Waals surface area contributed by atoms with Crippen molar-refractivity contribution in [3.05, 3.63) is 48.6 Å². The summed E-state index contributed by atoms with van der Waals surface area (Å²) in [5.74, 6) is -0.263. The quantitative estimate of drug-likeness (QED) is 0.0204. The highest BCUT2D eigenvalue weighted by Crippen LogP contribution is 2.30. The molecule has 0 bridgehead atoms. The molecule has 0 aromatic rings. The van der Waals surface area contributed by atoms with E-state index in [-0.39, 0.29) is 18.9 Å². The van der Waals surface area contributed by atoms with E-state index in [1.54, 1.807) is 6.08 Å². The standard InChI is InChI=1S/C61H111NO13/c1-3-5-7-9-11-13-15-17-19-20-21-22-23-24-25-26-27-28-29-30-31-32-34-36-38-40-42-44-50(65)49(62-53(66)45-43-41-39-37-35-33-18-16-14-12-10-8-6-4-2)48-72-60-58(71)56(69)59(52(47-64)74-60)75-61-57(70)55(68)54(67)51(46-63)73-61/h16,18,29-30,34,36,42,44,49-52,54-61,63-65,67-71H,3-15,17,19-28,31-33,35,37-41,43,45-48H2,1-2H3,(H,62,66)/b18-16-,30-29+,36-34+,44-42+. The van der Waals surface area contributed by atoms with Crippen LogP contribution in [0.1, 0.15) is 239 Å². The number of allylic oxidation sites excluding steroid dienone is 7. The third-order valence-electron chi connectivity index (χ3n) is 14.7. The second kappa shape index (κ2) is 46.8. The van der Waals surface area contributed by atoms with Gasteiger partial charge < -0.3 is 65.1 Å². The first-order valence-electron chi connectivity index (χ1n) is 30.4. The van der Waals surface area contributed by atoms with Gasteiger partial charge in [-0.15, -0.1) is 0 Å². The van der Waals surface area contributed by atoms with Crippen molar-refractivity contribution in [1.29, 1.82) is 0 Å². The summed E-state index contributed by atoms with van der Waals surface area (Å²) in [5.41, 5.74) is 0. The fourth-order valence-corrected chi connectivity index (χ4v) is 9.79. The first-order chi connectivity index (χ1) is 36.6. The van der Waals surface area contributed by atoms with Crippen molar-refractivity contribution in [2.75, 3.05) is 19.8 Å². The van der Waals surface area contributed by atoms with Crippen molar-refractivity contribution in [3.63, 3.8) is 0 Å². The van der Waals surface area contributed by atoms with Gasteiger partial charge in [0, 0.05) is 6.42 Å². The lowest BCUT2D eigenvalue weighted by atomic mass is 9.97. The first-order valence-corrected chi connectivity index (χ1v) is 30.4. The lowest BCUT2D eigenvalue weighted by Gasteiger charge is -2.46. The van der Waals surface area contributed by atoms with E-state index in [0.717, 1.165) is 64.2 Å². The predicted molar refractivity (Wildman–Crippen MR) is 300 cm³/mol. The van der Waals surface area contributed by atoms with Crippen LogP contribution in [0.2, 0.25) is 0 Å². The Kier molecular flexibility index (Phi) is 43.1. The van der Waals surface area contributed by atoms with Gasteiger partial charge in [-0.05, 0) is 70.6 Å². The number of nitrogens with one attached hydrogen (secondary N) is 1. The fourth-order valence-electron chi connectivity index (χ4n) is 9.79. The van der Waals surface area contributed by atoms with Gasteiger partial charge in [0.05, 0.1) is 32.0 Å². The maximum absolute atomic E-state index is 13.2. The Morgan fingerprint density at radius 1 is 0.467 bits per heavy atom. The molecule has 0 radical (unpaired) electrons. The maximum atomic E-state index is 13.2. The van der Waals surface area contributed by atoms with E-state index in [1.165, 1.54) is 141 Å². The molecular formula is C61H111NO13. The molecule has 2 heterocycles. The van der Waals surface area contributed by atoms with Crippen molar-refractivity contribution in [3.8, 4) is 0 Å². The highest BCUT2D eigenvalue weighted by Gasteiger charge is 2.51. The zero-order chi connectivity index (χ0) is 54.6. The molecule has 2 fully saturated rings. The molecule has 2 saturated heterocycles. The molecule has 2 aliphatic rings. The number of carbonyl (C=O) groups excluding carboxylic acids is 1. The van der Waals surface area contributed by atoms with Crippen molar-refractivity contribution in [1.82, 2.24) is 5.32 Å². The molecule has 0 saturated carbocycles. The molecule has 0 aromatic carbocycles. The Morgan fingerprint density at radius 3 is 1.31 bits per heavy atom. The van der Waals surface area contributed by atoms with Crippen molar-refractivity contribution < 1.29 is 64.6 Å². The third-order valence-corrected chi connectivity index (χ3v) is 14.7. The summed E-state index contributed by atoms with van der Waals surface area (Å²) in [6.07, 6.45) is 41.7. The molecule has 1 amide bonds. The molecule has 14 nitrogen and oxygen atoms in total. The van der Waals surface area contributed by atoms with Gasteiger partial charge in [-0.2, -0.15) is 0 Å². The number of amides is 1. The van der Waals surface area contributed by atoms with E-state index < -0.39 is 86.8 Å². The largest absolute Gasteiger partial charge is 0.394 e. The Hall–Kier alpha value is -2.05. The van der Waals surface area contributed by atoms with Crippen LogP contribution in [0, 0.1) is 0 Å². The molecule has 75 heavy (non-hydrogen) atoms. The summed E-state index contributed by atoms with van der Waals surface area (Å²) in [7, 11) is 0. The average molecular weight is 1070 g/mol. The summed E-state index contributed by atoms with van der Waals surface area (Å²) in [4.78, 5) is 13.2. The molecule has 0 aromatic heterocycles. The van der Waals surface area contributed by atoms with Gasteiger partial charge in [0.1, 0.15) is 48.8 Å². The summed E-state index contributed by atoms with van der Waals surface area (Å²) < 4.78 is 22.7. The molecule has 12 unspecified atom stereocenters. The summed E-state index contributed by atoms with van der Waals surface area (Å²) >= 11 is 0. The zero-order valence-corrected chi connectivity index (χ0v) is 47.0. The minimum absolute atomic E-state index is 0.259. The summed E-state index contributed by atoms with van der Waals surface area (Å²) in [5, 5.41) is 87.0. The van der Waals surface area contributed by atoms with Gasteiger partial charge in [-0.1, -0.05) is 210 Å². The van der Waals surface area contributed by atoms with Crippen LogP contribution < -0.4 is 5.32 Å². The number of unbranched alkanes of at least 4 members (excludes halogenated alkanes) is 29. The van der Waals surface area contributed by atoms with E-state index in [4.69, 9.17) is 18.9 Å². The highest BCUT2D eigenvalue weighted by molar-refractivity contribution is 5.76. The molecule has 9 N–H and O–H groups in total. The highest BCUT2D eigenvalue weighted by atomic mass is 16.7. The van der Waals surface area contributed by atoms with E-state index in [9.17, 15) is 45.6 Å². The number of rotatable bonds is 48. The van der Waals surface area contributed by atoms with E-state index in [1.807, 2.05) is 6.08 Å². The molecule has 0 spiro atoms. The lowest BCUT2D eigenvalue weighted by Crippen LogP contribution is -2.65. The maximum Gasteiger partial charge on any atom is 0.220 e. The second-order valence-corrected chi connectivity index (χ2v) is 21.5. The Bertz CT molecular complexity index is 1440. The van der Waals surface area contributed by atoms with Crippen molar-refractivity contribution in [2.45, 2.75) is 312 Å². The average Bonchev–Trinajstić information content (AvgIpc) is 3.41. The topological polar surface area (TPSA) is 228 Å². The van der Waals surface area contributed by atoms with Crippen LogP contribution in [-0.4, -0.2) is 140 Å². The van der Waals surface area contributed by atoms with Gasteiger partial charge >= 0.3 is 0 Å². The summed E-state index contributed by atoms with van der Waals surface area (Å²) in [6.45, 7) is 2.76.